The molecule has 0 aliphatic rings. The number of aryl methyl sites for hydroxylation is 1. The van der Waals surface area contributed by atoms with E-state index in [1.807, 2.05) is 30.3 Å². The van der Waals surface area contributed by atoms with Crippen molar-refractivity contribution in [1.82, 2.24) is 14.9 Å². The molecule has 29 heavy (non-hydrogen) atoms. The van der Waals surface area contributed by atoms with Crippen molar-refractivity contribution in [3.8, 4) is 11.6 Å². The molecule has 0 aliphatic heterocycles. The highest BCUT2D eigenvalue weighted by Gasteiger charge is 2.21. The maximum Gasteiger partial charge on any atom is 0.254 e. The van der Waals surface area contributed by atoms with Gasteiger partial charge < -0.3 is 19.7 Å². The Morgan fingerprint density at radius 2 is 1.97 bits per heavy atom. The highest BCUT2D eigenvalue weighted by molar-refractivity contribution is 5.94. The SMILES string of the molecule is COc1cc(C)nc(O)c1CN(CCc1ccccc1)C(=O)c1cc[nH]c(=O)c1. The largest absolute Gasteiger partial charge is 0.496 e. The minimum Gasteiger partial charge on any atom is -0.496 e. The van der Waals surface area contributed by atoms with E-state index in [9.17, 15) is 14.7 Å². The fraction of sp³-hybridized carbons (Fsp3) is 0.227. The van der Waals surface area contributed by atoms with Crippen molar-refractivity contribution >= 4 is 5.91 Å². The number of hydrogen-bond acceptors (Lipinski definition) is 5. The molecule has 0 spiro atoms. The van der Waals surface area contributed by atoms with Crippen LogP contribution in [-0.4, -0.2) is 39.5 Å². The van der Waals surface area contributed by atoms with Crippen LogP contribution in [-0.2, 0) is 13.0 Å². The molecule has 2 aromatic heterocycles. The zero-order valence-electron chi connectivity index (χ0n) is 16.4. The topological polar surface area (TPSA) is 95.5 Å². The molecule has 1 aromatic carbocycles. The predicted octanol–water partition coefficient (Wildman–Crippen LogP) is 2.68. The summed E-state index contributed by atoms with van der Waals surface area (Å²) in [4.78, 5) is 33.0. The molecule has 0 saturated heterocycles. The lowest BCUT2D eigenvalue weighted by Gasteiger charge is -2.24. The number of pyridine rings is 2. The lowest BCUT2D eigenvalue weighted by atomic mass is 10.1. The van der Waals surface area contributed by atoms with E-state index >= 15 is 0 Å². The van der Waals surface area contributed by atoms with Gasteiger partial charge >= 0.3 is 0 Å². The van der Waals surface area contributed by atoms with Gasteiger partial charge in [-0.05, 0) is 25.0 Å². The lowest BCUT2D eigenvalue weighted by Crippen LogP contribution is -2.33. The van der Waals surface area contributed by atoms with E-state index in [-0.39, 0.29) is 29.5 Å². The average molecular weight is 393 g/mol. The van der Waals surface area contributed by atoms with Crippen LogP contribution < -0.4 is 10.3 Å². The van der Waals surface area contributed by atoms with Crippen LogP contribution in [0.4, 0.5) is 0 Å². The van der Waals surface area contributed by atoms with Crippen molar-refractivity contribution in [2.45, 2.75) is 19.9 Å². The Kier molecular flexibility index (Phi) is 6.29. The summed E-state index contributed by atoms with van der Waals surface area (Å²) in [6, 6.07) is 14.3. The van der Waals surface area contributed by atoms with E-state index in [0.29, 0.717) is 30.0 Å². The summed E-state index contributed by atoms with van der Waals surface area (Å²) in [5.74, 6) is -0.0299. The van der Waals surface area contributed by atoms with Gasteiger partial charge in [-0.1, -0.05) is 30.3 Å². The van der Waals surface area contributed by atoms with Gasteiger partial charge in [-0.15, -0.1) is 0 Å². The van der Waals surface area contributed by atoms with Crippen molar-refractivity contribution in [1.29, 1.82) is 0 Å². The van der Waals surface area contributed by atoms with E-state index in [2.05, 4.69) is 9.97 Å². The molecular formula is C22H23N3O4. The van der Waals surface area contributed by atoms with Crippen LogP contribution in [0.1, 0.15) is 27.2 Å². The Hall–Kier alpha value is -3.61. The normalized spacial score (nSPS) is 10.6. The predicted molar refractivity (Wildman–Crippen MR) is 109 cm³/mol. The molecule has 7 heteroatoms. The number of amides is 1. The number of carbonyl (C=O) groups is 1. The third-order valence-electron chi connectivity index (χ3n) is 4.58. The summed E-state index contributed by atoms with van der Waals surface area (Å²) < 4.78 is 5.38. The molecule has 0 bridgehead atoms. The smallest absolute Gasteiger partial charge is 0.254 e. The molecule has 0 atom stereocenters. The number of aromatic hydroxyl groups is 1. The number of ether oxygens (including phenoxy) is 1. The van der Waals surface area contributed by atoms with Crippen molar-refractivity contribution in [2.75, 3.05) is 13.7 Å². The van der Waals surface area contributed by atoms with Gasteiger partial charge in [0.15, 0.2) is 0 Å². The van der Waals surface area contributed by atoms with E-state index in [1.54, 1.807) is 24.0 Å². The molecule has 0 radical (unpaired) electrons. The molecule has 0 fully saturated rings. The fourth-order valence-corrected chi connectivity index (χ4v) is 3.10. The highest BCUT2D eigenvalue weighted by atomic mass is 16.5. The van der Waals surface area contributed by atoms with Gasteiger partial charge in [0, 0.05) is 36.1 Å². The van der Waals surface area contributed by atoms with Gasteiger partial charge in [0.05, 0.1) is 19.2 Å². The summed E-state index contributed by atoms with van der Waals surface area (Å²) in [7, 11) is 1.50. The number of carbonyl (C=O) groups excluding carboxylic acids is 1. The first-order valence-electron chi connectivity index (χ1n) is 9.23. The third kappa shape index (κ3) is 5.01. The van der Waals surface area contributed by atoms with Crippen molar-refractivity contribution < 1.29 is 14.6 Å². The first-order valence-corrected chi connectivity index (χ1v) is 9.23. The highest BCUT2D eigenvalue weighted by Crippen LogP contribution is 2.28. The first kappa shape index (κ1) is 20.1. The minimum atomic E-state index is -0.351. The van der Waals surface area contributed by atoms with Crippen LogP contribution >= 0.6 is 0 Å². The molecular weight excluding hydrogens is 370 g/mol. The van der Waals surface area contributed by atoms with Gasteiger partial charge in [-0.25, -0.2) is 4.98 Å². The summed E-state index contributed by atoms with van der Waals surface area (Å²) in [6.07, 6.45) is 2.06. The number of benzene rings is 1. The first-order chi connectivity index (χ1) is 14.0. The number of hydrogen-bond donors (Lipinski definition) is 2. The van der Waals surface area contributed by atoms with Crippen LogP contribution in [0.3, 0.4) is 0 Å². The number of methoxy groups -OCH3 is 1. The number of aromatic nitrogens is 2. The van der Waals surface area contributed by atoms with E-state index in [4.69, 9.17) is 4.74 Å². The standard InChI is InChI=1S/C22H23N3O4/c1-15-12-19(29-2)18(21(27)24-15)14-25(11-9-16-6-4-3-5-7-16)22(28)17-8-10-23-20(26)13-17/h3-8,10,12-13H,9,11,14H2,1-2H3,(H,23,26)(H,24,27). The zero-order valence-corrected chi connectivity index (χ0v) is 16.4. The lowest BCUT2D eigenvalue weighted by molar-refractivity contribution is 0.0742. The average Bonchev–Trinajstić information content (AvgIpc) is 2.72. The van der Waals surface area contributed by atoms with Crippen LogP contribution in [0.2, 0.25) is 0 Å². The van der Waals surface area contributed by atoms with Gasteiger partial charge in [0.25, 0.3) is 5.91 Å². The van der Waals surface area contributed by atoms with Gasteiger partial charge in [-0.3, -0.25) is 9.59 Å². The number of nitrogens with one attached hydrogen (secondary N) is 1. The minimum absolute atomic E-state index is 0.0980. The quantitative estimate of drug-likeness (QED) is 0.643. The molecule has 3 rings (SSSR count). The van der Waals surface area contributed by atoms with E-state index in [0.717, 1.165) is 5.56 Å². The molecule has 3 aromatic rings. The second-order valence-electron chi connectivity index (χ2n) is 6.67. The summed E-state index contributed by atoms with van der Waals surface area (Å²) in [5.41, 5.74) is 2.04. The van der Waals surface area contributed by atoms with Crippen LogP contribution in [0.15, 0.2) is 59.5 Å². The van der Waals surface area contributed by atoms with Gasteiger partial charge in [0.1, 0.15) is 5.75 Å². The summed E-state index contributed by atoms with van der Waals surface area (Å²) >= 11 is 0. The second kappa shape index (κ2) is 9.05. The van der Waals surface area contributed by atoms with Gasteiger partial charge in [-0.2, -0.15) is 0 Å². The van der Waals surface area contributed by atoms with E-state index < -0.39 is 0 Å². The molecule has 0 saturated carbocycles. The van der Waals surface area contributed by atoms with Crippen molar-refractivity contribution in [2.24, 2.45) is 0 Å². The number of H-pyrrole nitrogens is 1. The monoisotopic (exact) mass is 393 g/mol. The fourth-order valence-electron chi connectivity index (χ4n) is 3.10. The van der Waals surface area contributed by atoms with Crippen molar-refractivity contribution in [3.63, 3.8) is 0 Å². The Labute approximate surface area is 168 Å². The number of aromatic amines is 1. The molecule has 0 unspecified atom stereocenters. The number of rotatable bonds is 7. The third-order valence-corrected chi connectivity index (χ3v) is 4.58. The molecule has 0 aliphatic carbocycles. The van der Waals surface area contributed by atoms with Crippen LogP contribution in [0.25, 0.3) is 0 Å². The summed E-state index contributed by atoms with van der Waals surface area (Å²) in [6.45, 7) is 2.24. The number of nitrogens with zero attached hydrogens (tertiary/aromatic N) is 2. The molecule has 150 valence electrons. The molecule has 7 nitrogen and oxygen atoms in total. The van der Waals surface area contributed by atoms with Gasteiger partial charge in [0.2, 0.25) is 11.4 Å². The maximum absolute atomic E-state index is 13.1. The van der Waals surface area contributed by atoms with E-state index in [1.165, 1.54) is 19.4 Å². The summed E-state index contributed by atoms with van der Waals surface area (Å²) in [5, 5.41) is 10.3. The zero-order chi connectivity index (χ0) is 20.8. The Morgan fingerprint density at radius 1 is 1.21 bits per heavy atom. The Bertz CT molecular complexity index is 1050. The molecule has 2 heterocycles. The Balaban J connectivity index is 1.92. The van der Waals surface area contributed by atoms with Crippen molar-refractivity contribution in [3.05, 3.63) is 87.5 Å². The maximum atomic E-state index is 13.1. The molecule has 1 amide bonds. The Morgan fingerprint density at radius 3 is 2.66 bits per heavy atom. The second-order valence-corrected chi connectivity index (χ2v) is 6.67. The van der Waals surface area contributed by atoms with Crippen LogP contribution in [0.5, 0.6) is 11.6 Å². The van der Waals surface area contributed by atoms with Crippen LogP contribution in [0, 0.1) is 6.92 Å². The molecule has 2 N–H and O–H groups in total.